The quantitative estimate of drug-likeness (QED) is 0.771. The first-order valence-electron chi connectivity index (χ1n) is 6.23. The summed E-state index contributed by atoms with van der Waals surface area (Å²) in [5, 5.41) is 0. The molecule has 0 bridgehead atoms. The molecule has 0 N–H and O–H groups in total. The maximum absolute atomic E-state index is 13.0. The lowest BCUT2D eigenvalue weighted by atomic mass is 10.1. The SMILES string of the molecule is O=C(CN1CCCCCC1=O)c1cccc(F)c1. The van der Waals surface area contributed by atoms with Gasteiger partial charge in [0.15, 0.2) is 5.78 Å². The van der Waals surface area contributed by atoms with Crippen LogP contribution in [0.4, 0.5) is 4.39 Å². The van der Waals surface area contributed by atoms with Gasteiger partial charge in [-0.05, 0) is 25.0 Å². The summed E-state index contributed by atoms with van der Waals surface area (Å²) in [7, 11) is 0. The molecule has 4 heteroatoms. The van der Waals surface area contributed by atoms with Crippen molar-refractivity contribution < 1.29 is 14.0 Å². The van der Waals surface area contributed by atoms with E-state index in [0.29, 0.717) is 18.5 Å². The number of nitrogens with zero attached hydrogens (tertiary/aromatic N) is 1. The first-order chi connectivity index (χ1) is 8.66. The highest BCUT2D eigenvalue weighted by Gasteiger charge is 2.19. The van der Waals surface area contributed by atoms with Crippen LogP contribution in [-0.2, 0) is 4.79 Å². The molecule has 18 heavy (non-hydrogen) atoms. The lowest BCUT2D eigenvalue weighted by molar-refractivity contribution is -0.130. The van der Waals surface area contributed by atoms with E-state index in [9.17, 15) is 14.0 Å². The van der Waals surface area contributed by atoms with Gasteiger partial charge in [-0.3, -0.25) is 9.59 Å². The van der Waals surface area contributed by atoms with E-state index >= 15 is 0 Å². The molecule has 1 aliphatic rings. The molecule has 0 aliphatic carbocycles. The van der Waals surface area contributed by atoms with Crippen molar-refractivity contribution in [3.05, 3.63) is 35.6 Å². The summed E-state index contributed by atoms with van der Waals surface area (Å²) in [6.45, 7) is 0.683. The van der Waals surface area contributed by atoms with Crippen molar-refractivity contribution >= 4 is 11.7 Å². The number of carbonyl (C=O) groups is 2. The summed E-state index contributed by atoms with van der Waals surface area (Å²) in [6, 6.07) is 5.60. The van der Waals surface area contributed by atoms with Crippen LogP contribution in [0, 0.1) is 5.82 Å². The van der Waals surface area contributed by atoms with E-state index in [2.05, 4.69) is 0 Å². The number of amides is 1. The van der Waals surface area contributed by atoms with Crippen LogP contribution in [0.5, 0.6) is 0 Å². The molecule has 0 radical (unpaired) electrons. The second-order valence-corrected chi connectivity index (χ2v) is 4.56. The van der Waals surface area contributed by atoms with Crippen molar-refractivity contribution in [1.82, 2.24) is 4.90 Å². The maximum Gasteiger partial charge on any atom is 0.222 e. The van der Waals surface area contributed by atoms with Gasteiger partial charge in [-0.1, -0.05) is 18.6 Å². The average molecular weight is 249 g/mol. The summed E-state index contributed by atoms with van der Waals surface area (Å²) in [4.78, 5) is 25.3. The Labute approximate surface area is 106 Å². The summed E-state index contributed by atoms with van der Waals surface area (Å²) in [6.07, 6.45) is 3.36. The summed E-state index contributed by atoms with van der Waals surface area (Å²) in [5.74, 6) is -0.606. The summed E-state index contributed by atoms with van der Waals surface area (Å²) >= 11 is 0. The molecule has 1 aromatic rings. The number of likely N-dealkylation sites (tertiary alicyclic amines) is 1. The Morgan fingerprint density at radius 3 is 2.89 bits per heavy atom. The molecule has 1 amide bonds. The van der Waals surface area contributed by atoms with Gasteiger partial charge < -0.3 is 4.90 Å². The van der Waals surface area contributed by atoms with E-state index in [1.807, 2.05) is 0 Å². The van der Waals surface area contributed by atoms with Crippen LogP contribution >= 0.6 is 0 Å². The van der Waals surface area contributed by atoms with Crippen molar-refractivity contribution in [2.75, 3.05) is 13.1 Å². The molecule has 1 aliphatic heterocycles. The molecule has 0 unspecified atom stereocenters. The van der Waals surface area contributed by atoms with E-state index in [-0.39, 0.29) is 18.2 Å². The molecular weight excluding hydrogens is 233 g/mol. The zero-order chi connectivity index (χ0) is 13.0. The summed E-state index contributed by atoms with van der Waals surface area (Å²) < 4.78 is 13.0. The van der Waals surface area contributed by atoms with Gasteiger partial charge in [0, 0.05) is 18.5 Å². The molecule has 0 spiro atoms. The highest BCUT2D eigenvalue weighted by molar-refractivity contribution is 5.99. The molecule has 0 saturated carbocycles. The van der Waals surface area contributed by atoms with Gasteiger partial charge in [0.25, 0.3) is 0 Å². The molecule has 96 valence electrons. The third kappa shape index (κ3) is 3.15. The molecule has 2 rings (SSSR count). The van der Waals surface area contributed by atoms with Gasteiger partial charge in [-0.15, -0.1) is 0 Å². The normalized spacial score (nSPS) is 16.5. The Morgan fingerprint density at radius 2 is 2.11 bits per heavy atom. The Hall–Kier alpha value is -1.71. The standard InChI is InChI=1S/C14H16FNO2/c15-12-6-4-5-11(9-12)13(17)10-16-8-3-1-2-7-14(16)18/h4-6,9H,1-3,7-8,10H2. The van der Waals surface area contributed by atoms with Gasteiger partial charge in [0.05, 0.1) is 6.54 Å². The van der Waals surface area contributed by atoms with Crippen LogP contribution in [0.1, 0.15) is 36.0 Å². The maximum atomic E-state index is 13.0. The van der Waals surface area contributed by atoms with E-state index in [0.717, 1.165) is 19.3 Å². The second kappa shape index (κ2) is 5.76. The number of carbonyl (C=O) groups excluding carboxylic acids is 2. The molecule has 3 nitrogen and oxygen atoms in total. The molecule has 1 fully saturated rings. The van der Waals surface area contributed by atoms with Crippen LogP contribution in [0.15, 0.2) is 24.3 Å². The van der Waals surface area contributed by atoms with Crippen LogP contribution in [0.2, 0.25) is 0 Å². The number of hydrogen-bond acceptors (Lipinski definition) is 2. The molecule has 1 aromatic carbocycles. The number of benzene rings is 1. The van der Waals surface area contributed by atoms with Crippen molar-refractivity contribution in [3.8, 4) is 0 Å². The van der Waals surface area contributed by atoms with E-state index in [1.165, 1.54) is 18.2 Å². The molecule has 0 atom stereocenters. The van der Waals surface area contributed by atoms with Crippen molar-refractivity contribution in [3.63, 3.8) is 0 Å². The Morgan fingerprint density at radius 1 is 1.28 bits per heavy atom. The van der Waals surface area contributed by atoms with Crippen LogP contribution < -0.4 is 0 Å². The number of rotatable bonds is 3. The van der Waals surface area contributed by atoms with E-state index in [1.54, 1.807) is 11.0 Å². The van der Waals surface area contributed by atoms with Gasteiger partial charge in [-0.2, -0.15) is 0 Å². The van der Waals surface area contributed by atoms with E-state index in [4.69, 9.17) is 0 Å². The Kier molecular flexibility index (Phi) is 4.07. The lowest BCUT2D eigenvalue weighted by Crippen LogP contribution is -2.35. The van der Waals surface area contributed by atoms with Crippen LogP contribution in [-0.4, -0.2) is 29.7 Å². The highest BCUT2D eigenvalue weighted by Crippen LogP contribution is 2.12. The van der Waals surface area contributed by atoms with E-state index < -0.39 is 5.82 Å². The number of hydrogen-bond donors (Lipinski definition) is 0. The van der Waals surface area contributed by atoms with Gasteiger partial charge in [0.2, 0.25) is 5.91 Å². The topological polar surface area (TPSA) is 37.4 Å². The monoisotopic (exact) mass is 249 g/mol. The summed E-state index contributed by atoms with van der Waals surface area (Å²) in [5.41, 5.74) is 0.326. The molecule has 1 saturated heterocycles. The predicted molar refractivity (Wildman–Crippen MR) is 65.8 cm³/mol. The minimum absolute atomic E-state index is 0.0252. The fourth-order valence-electron chi connectivity index (χ4n) is 2.13. The third-order valence-corrected chi connectivity index (χ3v) is 3.15. The highest BCUT2D eigenvalue weighted by atomic mass is 19.1. The lowest BCUT2D eigenvalue weighted by Gasteiger charge is -2.19. The minimum atomic E-state index is -0.428. The smallest absolute Gasteiger partial charge is 0.222 e. The molecule has 1 heterocycles. The predicted octanol–water partition coefficient (Wildman–Crippen LogP) is 2.41. The minimum Gasteiger partial charge on any atom is -0.335 e. The number of Topliss-reactive ketones (excluding diaryl/α,β-unsaturated/α-hetero) is 1. The fourth-order valence-corrected chi connectivity index (χ4v) is 2.13. The van der Waals surface area contributed by atoms with Gasteiger partial charge in [0.1, 0.15) is 5.82 Å². The molecular formula is C14H16FNO2. The average Bonchev–Trinajstić information content (AvgIpc) is 2.55. The third-order valence-electron chi connectivity index (χ3n) is 3.15. The molecule has 0 aromatic heterocycles. The number of halogens is 1. The van der Waals surface area contributed by atoms with Crippen molar-refractivity contribution in [1.29, 1.82) is 0 Å². The van der Waals surface area contributed by atoms with Crippen LogP contribution in [0.25, 0.3) is 0 Å². The van der Waals surface area contributed by atoms with Crippen LogP contribution in [0.3, 0.4) is 0 Å². The zero-order valence-electron chi connectivity index (χ0n) is 10.2. The first kappa shape index (κ1) is 12.7. The fraction of sp³-hybridized carbons (Fsp3) is 0.429. The zero-order valence-corrected chi connectivity index (χ0v) is 10.2. The first-order valence-corrected chi connectivity index (χ1v) is 6.23. The second-order valence-electron chi connectivity index (χ2n) is 4.56. The van der Waals surface area contributed by atoms with Gasteiger partial charge in [-0.25, -0.2) is 4.39 Å². The largest absolute Gasteiger partial charge is 0.335 e. The van der Waals surface area contributed by atoms with Gasteiger partial charge >= 0.3 is 0 Å². The number of ketones is 1. The Bertz CT molecular complexity index is 459. The Balaban J connectivity index is 2.04. The van der Waals surface area contributed by atoms with Crippen molar-refractivity contribution in [2.45, 2.75) is 25.7 Å². The van der Waals surface area contributed by atoms with Crippen molar-refractivity contribution in [2.24, 2.45) is 0 Å².